The van der Waals surface area contributed by atoms with E-state index in [0.29, 0.717) is 6.54 Å². The minimum absolute atomic E-state index is 0.0456. The van der Waals surface area contributed by atoms with E-state index in [1.165, 1.54) is 6.07 Å². The summed E-state index contributed by atoms with van der Waals surface area (Å²) >= 11 is 0. The van der Waals surface area contributed by atoms with Gasteiger partial charge in [-0.1, -0.05) is 13.8 Å². The molecule has 1 fully saturated rings. The monoisotopic (exact) mass is 449 g/mol. The van der Waals surface area contributed by atoms with E-state index >= 15 is 0 Å². The molecule has 2 aromatic carbocycles. The third kappa shape index (κ3) is 4.23. The van der Waals surface area contributed by atoms with Gasteiger partial charge in [-0.25, -0.2) is 17.2 Å². The highest BCUT2D eigenvalue weighted by molar-refractivity contribution is 7.92. The molecule has 0 atom stereocenters. The fourth-order valence-corrected chi connectivity index (χ4v) is 5.38. The fourth-order valence-electron chi connectivity index (χ4n) is 4.30. The van der Waals surface area contributed by atoms with Crippen molar-refractivity contribution in [1.29, 1.82) is 0 Å². The lowest BCUT2D eigenvalue weighted by atomic mass is 9.87. The van der Waals surface area contributed by atoms with Crippen LogP contribution in [0, 0.1) is 11.6 Å². The Kier molecular flexibility index (Phi) is 5.41. The summed E-state index contributed by atoms with van der Waals surface area (Å²) < 4.78 is 55.1. The number of nitrogens with one attached hydrogen (secondary N) is 1. The van der Waals surface area contributed by atoms with E-state index in [-0.39, 0.29) is 22.8 Å². The number of amides is 1. The van der Waals surface area contributed by atoms with Gasteiger partial charge in [0, 0.05) is 36.8 Å². The quantitative estimate of drug-likeness (QED) is 0.759. The predicted molar refractivity (Wildman–Crippen MR) is 115 cm³/mol. The summed E-state index contributed by atoms with van der Waals surface area (Å²) in [7, 11) is -4.13. The zero-order valence-corrected chi connectivity index (χ0v) is 18.3. The van der Waals surface area contributed by atoms with E-state index in [1.54, 1.807) is 12.1 Å². The van der Waals surface area contributed by atoms with Gasteiger partial charge in [-0.05, 0) is 48.7 Å². The maximum absolute atomic E-state index is 13.9. The van der Waals surface area contributed by atoms with Gasteiger partial charge >= 0.3 is 0 Å². The number of hydrogen-bond donors (Lipinski definition) is 1. The van der Waals surface area contributed by atoms with Gasteiger partial charge in [0.1, 0.15) is 11.6 Å². The fraction of sp³-hybridized carbons (Fsp3) is 0.409. The van der Waals surface area contributed by atoms with Gasteiger partial charge < -0.3 is 9.80 Å². The van der Waals surface area contributed by atoms with E-state index in [9.17, 15) is 22.0 Å². The van der Waals surface area contributed by atoms with Crippen molar-refractivity contribution in [3.63, 3.8) is 0 Å². The molecule has 0 spiro atoms. The van der Waals surface area contributed by atoms with Crippen molar-refractivity contribution >= 4 is 27.3 Å². The van der Waals surface area contributed by atoms with Gasteiger partial charge in [-0.2, -0.15) is 0 Å². The average Bonchev–Trinajstić information content (AvgIpc) is 3.32. The second-order valence-corrected chi connectivity index (χ2v) is 10.4. The molecule has 9 heteroatoms. The number of anilines is 2. The number of carbonyl (C=O) groups is 1. The molecule has 31 heavy (non-hydrogen) atoms. The molecule has 6 nitrogen and oxygen atoms in total. The van der Waals surface area contributed by atoms with E-state index < -0.39 is 27.3 Å². The molecule has 1 amide bonds. The van der Waals surface area contributed by atoms with E-state index in [1.807, 2.05) is 23.6 Å². The average molecular weight is 450 g/mol. The Morgan fingerprint density at radius 2 is 1.81 bits per heavy atom. The molecular weight excluding hydrogens is 424 g/mol. The molecule has 0 bridgehead atoms. The molecule has 2 aliphatic rings. The molecule has 4 rings (SSSR count). The highest BCUT2D eigenvalue weighted by Crippen LogP contribution is 2.41. The molecule has 1 N–H and O–H groups in total. The third-order valence-electron chi connectivity index (χ3n) is 5.89. The maximum Gasteiger partial charge on any atom is 0.262 e. The van der Waals surface area contributed by atoms with Crippen LogP contribution in [0.1, 0.15) is 32.3 Å². The number of nitrogens with zero attached hydrogens (tertiary/aromatic N) is 2. The second-order valence-electron chi connectivity index (χ2n) is 8.74. The Labute approximate surface area is 180 Å². The van der Waals surface area contributed by atoms with Crippen LogP contribution in [0.15, 0.2) is 41.3 Å². The van der Waals surface area contributed by atoms with Crippen molar-refractivity contribution in [2.24, 2.45) is 0 Å². The summed E-state index contributed by atoms with van der Waals surface area (Å²) in [6, 6.07) is 7.24. The summed E-state index contributed by atoms with van der Waals surface area (Å²) in [6.45, 7) is 6.36. The topological polar surface area (TPSA) is 69.7 Å². The summed E-state index contributed by atoms with van der Waals surface area (Å²) in [4.78, 5) is 16.4. The molecule has 0 aromatic heterocycles. The summed E-state index contributed by atoms with van der Waals surface area (Å²) in [5.74, 6) is -1.54. The van der Waals surface area contributed by atoms with Crippen LogP contribution in [0.5, 0.6) is 0 Å². The Balaban J connectivity index is 1.61. The first-order valence-electron chi connectivity index (χ1n) is 10.2. The first kappa shape index (κ1) is 21.5. The van der Waals surface area contributed by atoms with Crippen molar-refractivity contribution in [3.05, 3.63) is 53.6 Å². The number of benzene rings is 2. The van der Waals surface area contributed by atoms with E-state index in [0.717, 1.165) is 55.4 Å². The number of hydrogen-bond acceptors (Lipinski definition) is 4. The van der Waals surface area contributed by atoms with Crippen molar-refractivity contribution in [2.75, 3.05) is 35.8 Å². The molecule has 166 valence electrons. The zero-order valence-electron chi connectivity index (χ0n) is 17.5. The van der Waals surface area contributed by atoms with Gasteiger partial charge in [0.25, 0.3) is 10.0 Å². The minimum atomic E-state index is -4.13. The van der Waals surface area contributed by atoms with Crippen LogP contribution in [0.3, 0.4) is 0 Å². The van der Waals surface area contributed by atoms with Crippen LogP contribution in [-0.4, -0.2) is 45.4 Å². The van der Waals surface area contributed by atoms with Gasteiger partial charge in [-0.15, -0.1) is 0 Å². The zero-order chi connectivity index (χ0) is 22.4. The Bertz CT molecular complexity index is 1130. The van der Waals surface area contributed by atoms with Crippen LogP contribution in [0.4, 0.5) is 20.2 Å². The SMILES string of the molecule is CC1(C)CN(CC(=O)N2CCCC2)c2ccc(S(=O)(=O)Nc3cc(F)ccc3F)cc21. The molecule has 0 unspecified atom stereocenters. The summed E-state index contributed by atoms with van der Waals surface area (Å²) in [6.07, 6.45) is 2.04. The molecule has 0 radical (unpaired) electrons. The number of likely N-dealkylation sites (tertiary alicyclic amines) is 1. The van der Waals surface area contributed by atoms with Gasteiger partial charge in [0.15, 0.2) is 0 Å². The first-order valence-corrected chi connectivity index (χ1v) is 11.7. The molecule has 2 aliphatic heterocycles. The van der Waals surface area contributed by atoms with Crippen LogP contribution in [0.25, 0.3) is 0 Å². The molecule has 2 heterocycles. The van der Waals surface area contributed by atoms with Crippen LogP contribution >= 0.6 is 0 Å². The normalized spacial score (nSPS) is 17.7. The van der Waals surface area contributed by atoms with E-state index in [2.05, 4.69) is 4.72 Å². The van der Waals surface area contributed by atoms with Gasteiger partial charge in [-0.3, -0.25) is 9.52 Å². The number of fused-ring (bicyclic) bond motifs is 1. The second kappa shape index (κ2) is 7.78. The van der Waals surface area contributed by atoms with Crippen LogP contribution < -0.4 is 9.62 Å². The highest BCUT2D eigenvalue weighted by Gasteiger charge is 2.37. The molecule has 0 saturated carbocycles. The lowest BCUT2D eigenvalue weighted by Crippen LogP contribution is -2.40. The number of halogens is 2. The largest absolute Gasteiger partial charge is 0.361 e. The smallest absolute Gasteiger partial charge is 0.262 e. The molecule has 2 aromatic rings. The van der Waals surface area contributed by atoms with Crippen molar-refractivity contribution in [3.8, 4) is 0 Å². The molecular formula is C22H25F2N3O3S. The number of rotatable bonds is 5. The van der Waals surface area contributed by atoms with E-state index in [4.69, 9.17) is 0 Å². The predicted octanol–water partition coefficient (Wildman–Crippen LogP) is 3.49. The number of carbonyl (C=O) groups excluding carboxylic acids is 1. The minimum Gasteiger partial charge on any atom is -0.361 e. The first-order chi connectivity index (χ1) is 14.6. The Morgan fingerprint density at radius 3 is 2.52 bits per heavy atom. The van der Waals surface area contributed by atoms with Crippen LogP contribution in [-0.2, 0) is 20.2 Å². The maximum atomic E-state index is 13.9. The third-order valence-corrected chi connectivity index (χ3v) is 7.26. The van der Waals surface area contributed by atoms with Crippen molar-refractivity contribution < 1.29 is 22.0 Å². The van der Waals surface area contributed by atoms with Crippen molar-refractivity contribution in [1.82, 2.24) is 4.90 Å². The highest BCUT2D eigenvalue weighted by atomic mass is 32.2. The van der Waals surface area contributed by atoms with Gasteiger partial charge in [0.05, 0.1) is 17.1 Å². The summed E-state index contributed by atoms with van der Waals surface area (Å²) in [5.41, 5.74) is 0.784. The Morgan fingerprint density at radius 1 is 1.10 bits per heavy atom. The standard InChI is InChI=1S/C22H25F2N3O3S/c1-22(2)14-27(13-21(28)26-9-3-4-10-26)20-8-6-16(12-17(20)22)31(29,30)25-19-11-15(23)5-7-18(19)24/h5-8,11-12,25H,3-4,9-10,13-14H2,1-2H3. The van der Waals surface area contributed by atoms with Gasteiger partial charge in [0.2, 0.25) is 5.91 Å². The Hall–Kier alpha value is -2.68. The lowest BCUT2D eigenvalue weighted by Gasteiger charge is -2.24. The molecule has 0 aliphatic carbocycles. The van der Waals surface area contributed by atoms with Crippen molar-refractivity contribution in [2.45, 2.75) is 37.0 Å². The molecule has 1 saturated heterocycles. The summed E-state index contributed by atoms with van der Waals surface area (Å²) in [5, 5.41) is 0. The van der Waals surface area contributed by atoms with Crippen LogP contribution in [0.2, 0.25) is 0 Å². The number of sulfonamides is 1. The lowest BCUT2D eigenvalue weighted by molar-refractivity contribution is -0.128.